The maximum Gasteiger partial charge on any atom is 0.0664 e. The van der Waals surface area contributed by atoms with Crippen molar-refractivity contribution in [1.29, 1.82) is 0 Å². The first kappa shape index (κ1) is 13.0. The normalized spacial score (nSPS) is 12.4. The lowest BCUT2D eigenvalue weighted by atomic mass is 10.1. The molecule has 0 spiro atoms. The van der Waals surface area contributed by atoms with E-state index in [0.717, 1.165) is 19.4 Å². The fourth-order valence-corrected chi connectivity index (χ4v) is 1.72. The van der Waals surface area contributed by atoms with Crippen LogP contribution in [0.3, 0.4) is 0 Å². The number of methoxy groups -OCH3 is 1. The molecule has 0 saturated carbocycles. The van der Waals surface area contributed by atoms with Gasteiger partial charge in [-0.25, -0.2) is 0 Å². The van der Waals surface area contributed by atoms with Gasteiger partial charge in [-0.05, 0) is 37.9 Å². The van der Waals surface area contributed by atoms with Gasteiger partial charge in [0.25, 0.3) is 0 Å². The van der Waals surface area contributed by atoms with Crippen LogP contribution in [0.1, 0.15) is 18.4 Å². The van der Waals surface area contributed by atoms with E-state index in [-0.39, 0.29) is 0 Å². The molecule has 0 fully saturated rings. The van der Waals surface area contributed by atoms with Gasteiger partial charge in [0.1, 0.15) is 0 Å². The predicted molar refractivity (Wildman–Crippen MR) is 68.8 cm³/mol. The third-order valence-corrected chi connectivity index (χ3v) is 2.63. The molecule has 3 heteroatoms. The molecule has 0 radical (unpaired) electrons. The lowest BCUT2D eigenvalue weighted by Crippen LogP contribution is -2.26. The van der Waals surface area contributed by atoms with Gasteiger partial charge in [-0.1, -0.05) is 18.2 Å². The topological polar surface area (TPSA) is 47.3 Å². The van der Waals surface area contributed by atoms with E-state index in [0.29, 0.717) is 12.6 Å². The summed E-state index contributed by atoms with van der Waals surface area (Å²) in [7, 11) is 1.73. The van der Waals surface area contributed by atoms with Crippen molar-refractivity contribution in [3.05, 3.63) is 29.8 Å². The molecular weight excluding hydrogens is 200 g/mol. The first-order chi connectivity index (χ1) is 7.77. The van der Waals surface area contributed by atoms with E-state index in [9.17, 15) is 0 Å². The SMILES string of the molecule is COCC(CCCN)Nc1ccccc1C. The van der Waals surface area contributed by atoms with Crippen LogP contribution < -0.4 is 11.1 Å². The number of anilines is 1. The Morgan fingerprint density at radius 1 is 1.38 bits per heavy atom. The first-order valence-corrected chi connectivity index (χ1v) is 5.79. The van der Waals surface area contributed by atoms with Gasteiger partial charge >= 0.3 is 0 Å². The molecule has 1 rings (SSSR count). The van der Waals surface area contributed by atoms with Gasteiger partial charge < -0.3 is 15.8 Å². The Kier molecular flexibility index (Phi) is 5.90. The van der Waals surface area contributed by atoms with Crippen LogP contribution in [0, 0.1) is 6.92 Å². The van der Waals surface area contributed by atoms with E-state index in [1.165, 1.54) is 11.3 Å². The fraction of sp³-hybridized carbons (Fsp3) is 0.538. The average molecular weight is 222 g/mol. The third kappa shape index (κ3) is 4.21. The van der Waals surface area contributed by atoms with Gasteiger partial charge in [-0.3, -0.25) is 0 Å². The maximum atomic E-state index is 5.53. The van der Waals surface area contributed by atoms with Crippen molar-refractivity contribution in [3.63, 3.8) is 0 Å². The molecule has 0 amide bonds. The molecule has 0 aliphatic carbocycles. The van der Waals surface area contributed by atoms with Crippen molar-refractivity contribution >= 4 is 5.69 Å². The van der Waals surface area contributed by atoms with Gasteiger partial charge in [0.2, 0.25) is 0 Å². The van der Waals surface area contributed by atoms with Crippen LogP contribution in [-0.4, -0.2) is 26.3 Å². The molecular formula is C13H22N2O. The van der Waals surface area contributed by atoms with Crippen LogP contribution >= 0.6 is 0 Å². The molecule has 0 aliphatic heterocycles. The molecule has 1 aromatic rings. The number of nitrogens with one attached hydrogen (secondary N) is 1. The van der Waals surface area contributed by atoms with Crippen LogP contribution in [0.15, 0.2) is 24.3 Å². The molecule has 0 bridgehead atoms. The van der Waals surface area contributed by atoms with Crippen molar-refractivity contribution in [2.75, 3.05) is 25.6 Å². The van der Waals surface area contributed by atoms with Crippen LogP contribution in [0.25, 0.3) is 0 Å². The van der Waals surface area contributed by atoms with Gasteiger partial charge in [0.05, 0.1) is 6.61 Å². The minimum Gasteiger partial charge on any atom is -0.383 e. The number of nitrogens with two attached hydrogens (primary N) is 1. The van der Waals surface area contributed by atoms with Gasteiger partial charge in [0.15, 0.2) is 0 Å². The molecule has 90 valence electrons. The molecule has 0 aromatic heterocycles. The number of benzene rings is 1. The molecule has 3 N–H and O–H groups in total. The second-order valence-electron chi connectivity index (χ2n) is 4.04. The summed E-state index contributed by atoms with van der Waals surface area (Å²) in [6.45, 7) is 3.55. The van der Waals surface area contributed by atoms with E-state index in [1.54, 1.807) is 7.11 Å². The number of aryl methyl sites for hydroxylation is 1. The lowest BCUT2D eigenvalue weighted by Gasteiger charge is -2.20. The molecule has 0 saturated heterocycles. The van der Waals surface area contributed by atoms with Gasteiger partial charge in [-0.2, -0.15) is 0 Å². The zero-order valence-corrected chi connectivity index (χ0v) is 10.2. The Bertz CT molecular complexity index is 302. The zero-order valence-electron chi connectivity index (χ0n) is 10.2. The number of para-hydroxylation sites is 1. The Hall–Kier alpha value is -1.06. The zero-order chi connectivity index (χ0) is 11.8. The van der Waals surface area contributed by atoms with E-state index >= 15 is 0 Å². The molecule has 1 aromatic carbocycles. The van der Waals surface area contributed by atoms with Crippen LogP contribution in [0.5, 0.6) is 0 Å². The third-order valence-electron chi connectivity index (χ3n) is 2.63. The number of hydrogen-bond acceptors (Lipinski definition) is 3. The maximum absolute atomic E-state index is 5.53. The minimum atomic E-state index is 0.342. The Morgan fingerprint density at radius 3 is 2.75 bits per heavy atom. The summed E-state index contributed by atoms with van der Waals surface area (Å²) < 4.78 is 5.21. The summed E-state index contributed by atoms with van der Waals surface area (Å²) in [4.78, 5) is 0. The van der Waals surface area contributed by atoms with Crippen LogP contribution in [-0.2, 0) is 4.74 Å². The summed E-state index contributed by atoms with van der Waals surface area (Å²) in [5, 5.41) is 3.50. The monoisotopic (exact) mass is 222 g/mol. The van der Waals surface area contributed by atoms with E-state index in [4.69, 9.17) is 10.5 Å². The fourth-order valence-electron chi connectivity index (χ4n) is 1.72. The van der Waals surface area contributed by atoms with Gasteiger partial charge in [-0.15, -0.1) is 0 Å². The smallest absolute Gasteiger partial charge is 0.0664 e. The summed E-state index contributed by atoms with van der Waals surface area (Å²) in [5.41, 5.74) is 7.97. The van der Waals surface area contributed by atoms with E-state index in [2.05, 4.69) is 24.4 Å². The average Bonchev–Trinajstić information content (AvgIpc) is 2.29. The van der Waals surface area contributed by atoms with Crippen molar-refractivity contribution in [1.82, 2.24) is 0 Å². The summed E-state index contributed by atoms with van der Waals surface area (Å²) in [6.07, 6.45) is 2.06. The Balaban J connectivity index is 2.56. The lowest BCUT2D eigenvalue weighted by molar-refractivity contribution is 0.182. The van der Waals surface area contributed by atoms with Crippen molar-refractivity contribution in [3.8, 4) is 0 Å². The van der Waals surface area contributed by atoms with Crippen molar-refractivity contribution < 1.29 is 4.74 Å². The second kappa shape index (κ2) is 7.25. The molecule has 16 heavy (non-hydrogen) atoms. The first-order valence-electron chi connectivity index (χ1n) is 5.79. The Morgan fingerprint density at radius 2 is 2.12 bits per heavy atom. The highest BCUT2D eigenvalue weighted by Gasteiger charge is 2.08. The molecule has 0 heterocycles. The second-order valence-corrected chi connectivity index (χ2v) is 4.04. The minimum absolute atomic E-state index is 0.342. The number of rotatable bonds is 7. The van der Waals surface area contributed by atoms with E-state index < -0.39 is 0 Å². The standard InChI is InChI=1S/C13H22N2O/c1-11-6-3-4-8-13(11)15-12(10-16-2)7-5-9-14/h3-4,6,8,12,15H,5,7,9-10,14H2,1-2H3. The van der Waals surface area contributed by atoms with Crippen LogP contribution in [0.2, 0.25) is 0 Å². The van der Waals surface area contributed by atoms with Crippen LogP contribution in [0.4, 0.5) is 5.69 Å². The Labute approximate surface area is 98.0 Å². The molecule has 3 nitrogen and oxygen atoms in total. The molecule has 1 atom stereocenters. The summed E-state index contributed by atoms with van der Waals surface area (Å²) in [6, 6.07) is 8.64. The highest BCUT2D eigenvalue weighted by atomic mass is 16.5. The summed E-state index contributed by atoms with van der Waals surface area (Å²) in [5.74, 6) is 0. The van der Waals surface area contributed by atoms with Crippen molar-refractivity contribution in [2.45, 2.75) is 25.8 Å². The number of hydrogen-bond donors (Lipinski definition) is 2. The highest BCUT2D eigenvalue weighted by molar-refractivity contribution is 5.50. The predicted octanol–water partition coefficient (Wildman–Crippen LogP) is 2.16. The largest absolute Gasteiger partial charge is 0.383 e. The van der Waals surface area contributed by atoms with Gasteiger partial charge in [0, 0.05) is 18.8 Å². The highest BCUT2D eigenvalue weighted by Crippen LogP contribution is 2.15. The number of ether oxygens (including phenoxy) is 1. The van der Waals surface area contributed by atoms with E-state index in [1.807, 2.05) is 12.1 Å². The van der Waals surface area contributed by atoms with Crippen molar-refractivity contribution in [2.24, 2.45) is 5.73 Å². The summed E-state index contributed by atoms with van der Waals surface area (Å²) >= 11 is 0. The quantitative estimate of drug-likeness (QED) is 0.743. The molecule has 0 aliphatic rings. The molecule has 1 unspecified atom stereocenters.